The molecular formula is C14H20OP+. The Morgan fingerprint density at radius 1 is 1.38 bits per heavy atom. The Bertz CT molecular complexity index is 343. The quantitative estimate of drug-likeness (QED) is 0.692. The van der Waals surface area contributed by atoms with E-state index in [-0.39, 0.29) is 0 Å². The summed E-state index contributed by atoms with van der Waals surface area (Å²) < 4.78 is 0. The van der Waals surface area contributed by atoms with Gasteiger partial charge in [-0.3, -0.25) is 4.79 Å². The van der Waals surface area contributed by atoms with Crippen molar-refractivity contribution in [2.45, 2.75) is 33.1 Å². The number of rotatable bonds is 6. The molecule has 1 nitrogen and oxygen atoms in total. The van der Waals surface area contributed by atoms with E-state index in [4.69, 9.17) is 0 Å². The highest BCUT2D eigenvalue weighted by Crippen LogP contribution is 2.09. The zero-order valence-electron chi connectivity index (χ0n) is 10.1. The van der Waals surface area contributed by atoms with Gasteiger partial charge in [0, 0.05) is 6.42 Å². The number of carbonyl (C=O) groups excluding carboxylic acids is 1. The van der Waals surface area contributed by atoms with Gasteiger partial charge in [-0.1, -0.05) is 38.5 Å². The molecule has 0 saturated heterocycles. The van der Waals surface area contributed by atoms with Crippen LogP contribution in [0.5, 0.6) is 0 Å². The van der Waals surface area contributed by atoms with E-state index in [1.807, 2.05) is 24.0 Å². The lowest BCUT2D eigenvalue weighted by molar-refractivity contribution is -0.112. The molecular weight excluding hydrogens is 215 g/mol. The van der Waals surface area contributed by atoms with Gasteiger partial charge < -0.3 is 0 Å². The smallest absolute Gasteiger partial charge is 0.197 e. The van der Waals surface area contributed by atoms with Gasteiger partial charge in [-0.25, -0.2) is 0 Å². The first-order valence-electron chi connectivity index (χ1n) is 5.90. The van der Waals surface area contributed by atoms with Crippen LogP contribution in [0.15, 0.2) is 30.3 Å². The van der Waals surface area contributed by atoms with Gasteiger partial charge in [0.25, 0.3) is 0 Å². The van der Waals surface area contributed by atoms with Crippen molar-refractivity contribution in [3.05, 3.63) is 30.3 Å². The Morgan fingerprint density at radius 3 is 2.69 bits per heavy atom. The van der Waals surface area contributed by atoms with Gasteiger partial charge in [-0.15, -0.1) is 0 Å². The molecule has 0 aliphatic carbocycles. The van der Waals surface area contributed by atoms with Gasteiger partial charge in [0.1, 0.15) is 13.5 Å². The average Bonchev–Trinajstić information content (AvgIpc) is 2.34. The van der Waals surface area contributed by atoms with Crippen LogP contribution in [0.4, 0.5) is 0 Å². The van der Waals surface area contributed by atoms with E-state index in [0.29, 0.717) is 26.3 Å². The maximum Gasteiger partial charge on any atom is 0.197 e. The fourth-order valence-electron chi connectivity index (χ4n) is 1.36. The van der Waals surface area contributed by atoms with E-state index in [0.717, 1.165) is 12.8 Å². The van der Waals surface area contributed by atoms with Gasteiger partial charge in [0.15, 0.2) is 11.6 Å². The normalized spacial score (nSPS) is 12.9. The Morgan fingerprint density at radius 2 is 2.06 bits per heavy atom. The Labute approximate surface area is 99.7 Å². The van der Waals surface area contributed by atoms with Crippen LogP contribution in [0.25, 0.3) is 0 Å². The highest BCUT2D eigenvalue weighted by Gasteiger charge is 2.05. The van der Waals surface area contributed by atoms with E-state index in [2.05, 4.69) is 26.0 Å². The summed E-state index contributed by atoms with van der Waals surface area (Å²) in [6, 6.07) is 10.2. The molecule has 0 radical (unpaired) electrons. The zero-order chi connectivity index (χ0) is 11.8. The van der Waals surface area contributed by atoms with Crippen molar-refractivity contribution in [2.24, 2.45) is 5.92 Å². The van der Waals surface area contributed by atoms with Crippen molar-refractivity contribution in [1.29, 1.82) is 0 Å². The molecule has 1 aromatic rings. The summed E-state index contributed by atoms with van der Waals surface area (Å²) in [5.41, 5.74) is 0. The van der Waals surface area contributed by atoms with Crippen LogP contribution < -0.4 is 5.30 Å². The van der Waals surface area contributed by atoms with Crippen LogP contribution >= 0.6 is 8.20 Å². The second kappa shape index (κ2) is 7.35. The highest BCUT2D eigenvalue weighted by atomic mass is 31.1. The van der Waals surface area contributed by atoms with Gasteiger partial charge in [0.05, 0.1) is 0 Å². The Balaban J connectivity index is 2.37. The number of Topliss-reactive ketones (excluding diaryl/α,β-unsaturated/α-hetero) is 1. The number of hydrogen-bond acceptors (Lipinski definition) is 1. The molecule has 0 aliphatic rings. The lowest BCUT2D eigenvalue weighted by Gasteiger charge is -2.03. The van der Waals surface area contributed by atoms with Gasteiger partial charge >= 0.3 is 0 Å². The minimum absolute atomic E-state index is 0.294. The monoisotopic (exact) mass is 235 g/mol. The third kappa shape index (κ3) is 5.23. The van der Waals surface area contributed by atoms with Crippen LogP contribution in [0.2, 0.25) is 0 Å². The van der Waals surface area contributed by atoms with E-state index < -0.39 is 0 Å². The molecule has 0 saturated carbocycles. The molecule has 16 heavy (non-hydrogen) atoms. The maximum atomic E-state index is 11.6. The summed E-state index contributed by atoms with van der Waals surface area (Å²) >= 11 is 0. The molecule has 0 amide bonds. The predicted molar refractivity (Wildman–Crippen MR) is 74.2 cm³/mol. The molecule has 0 bridgehead atoms. The lowest BCUT2D eigenvalue weighted by atomic mass is 10.0. The van der Waals surface area contributed by atoms with Crippen molar-refractivity contribution in [3.63, 3.8) is 0 Å². The summed E-state index contributed by atoms with van der Waals surface area (Å²) in [5.74, 6) is 2.80. The van der Waals surface area contributed by atoms with Crippen molar-refractivity contribution in [3.8, 4) is 0 Å². The molecule has 0 N–H and O–H groups in total. The molecule has 1 aromatic carbocycles. The number of hydrogen-bond donors (Lipinski definition) is 0. The largest absolute Gasteiger partial charge is 0.291 e. The predicted octanol–water partition coefficient (Wildman–Crippen LogP) is 3.19. The first kappa shape index (κ1) is 13.1. The molecule has 0 fully saturated rings. The summed E-state index contributed by atoms with van der Waals surface area (Å²) in [7, 11) is 0.514. The van der Waals surface area contributed by atoms with Gasteiger partial charge in [0.2, 0.25) is 0 Å². The fraction of sp³-hybridized carbons (Fsp3) is 0.429. The standard InChI is InChI=1S/C14H19OP/c1-3-12(2)9-10-13(15)11-16-14-7-5-4-6-8-14/h4-8,11-12H,3,9-10H2,1-2H3/p+1. The topological polar surface area (TPSA) is 17.1 Å². The second-order valence-electron chi connectivity index (χ2n) is 4.17. The maximum absolute atomic E-state index is 11.6. The van der Waals surface area contributed by atoms with Crippen molar-refractivity contribution in [1.82, 2.24) is 0 Å². The van der Waals surface area contributed by atoms with Crippen molar-refractivity contribution >= 4 is 25.1 Å². The number of benzene rings is 1. The number of ketones is 1. The van der Waals surface area contributed by atoms with E-state index in [9.17, 15) is 4.79 Å². The van der Waals surface area contributed by atoms with Crippen molar-refractivity contribution < 1.29 is 4.79 Å². The molecule has 0 aromatic heterocycles. The van der Waals surface area contributed by atoms with Crippen LogP contribution in [0.3, 0.4) is 0 Å². The van der Waals surface area contributed by atoms with E-state index in [1.165, 1.54) is 5.30 Å². The summed E-state index contributed by atoms with van der Waals surface area (Å²) in [5, 5.41) is 1.24. The zero-order valence-corrected chi connectivity index (χ0v) is 11.1. The number of carbonyl (C=O) groups is 1. The Kier molecular flexibility index (Phi) is 6.03. The lowest BCUT2D eigenvalue weighted by Crippen LogP contribution is -2.02. The summed E-state index contributed by atoms with van der Waals surface area (Å²) in [6.45, 7) is 4.37. The molecule has 0 spiro atoms. The SMILES string of the molecule is CCC(C)CCC(=O)C=[PH+]c1ccccc1. The van der Waals surface area contributed by atoms with E-state index >= 15 is 0 Å². The fourth-order valence-corrected chi connectivity index (χ4v) is 2.22. The minimum atomic E-state index is 0.294. The third-order valence-electron chi connectivity index (χ3n) is 2.75. The molecule has 86 valence electrons. The third-order valence-corrected chi connectivity index (χ3v) is 3.89. The molecule has 1 rings (SSSR count). The Hall–Kier alpha value is -0.940. The molecule has 2 atom stereocenters. The average molecular weight is 235 g/mol. The van der Waals surface area contributed by atoms with Gasteiger partial charge in [-0.2, -0.15) is 0 Å². The highest BCUT2D eigenvalue weighted by molar-refractivity contribution is 7.49. The molecule has 2 heteroatoms. The van der Waals surface area contributed by atoms with Crippen molar-refractivity contribution in [2.75, 3.05) is 0 Å². The molecule has 0 heterocycles. The van der Waals surface area contributed by atoms with Crippen LogP contribution in [0.1, 0.15) is 33.1 Å². The second-order valence-corrected chi connectivity index (χ2v) is 5.33. The van der Waals surface area contributed by atoms with E-state index in [1.54, 1.807) is 0 Å². The minimum Gasteiger partial charge on any atom is -0.291 e. The summed E-state index contributed by atoms with van der Waals surface area (Å²) in [6.07, 6.45) is 2.88. The molecule has 2 unspecified atom stereocenters. The van der Waals surface area contributed by atoms with Crippen LogP contribution in [0, 0.1) is 5.92 Å². The summed E-state index contributed by atoms with van der Waals surface area (Å²) in [4.78, 5) is 11.6. The molecule has 0 aliphatic heterocycles. The van der Waals surface area contributed by atoms with Gasteiger partial charge in [-0.05, 0) is 24.5 Å². The van der Waals surface area contributed by atoms with Crippen LogP contribution in [-0.4, -0.2) is 11.6 Å². The first-order chi connectivity index (χ1) is 7.72. The first-order valence-corrected chi connectivity index (χ1v) is 6.97. The van der Waals surface area contributed by atoms with Crippen LogP contribution in [-0.2, 0) is 4.79 Å².